The summed E-state index contributed by atoms with van der Waals surface area (Å²) >= 11 is 6.25. The number of allylic oxidation sites excluding steroid dienone is 1. The van der Waals surface area contributed by atoms with Gasteiger partial charge in [-0.05, 0) is 91.2 Å². The van der Waals surface area contributed by atoms with Crippen LogP contribution in [0.15, 0.2) is 95.4 Å². The van der Waals surface area contributed by atoms with Crippen molar-refractivity contribution < 1.29 is 32.0 Å². The second-order valence-corrected chi connectivity index (χ2v) is 18.6. The maximum atomic E-state index is 15.2. The zero-order chi connectivity index (χ0) is 43.1. The number of ether oxygens (including phenoxy) is 2. The maximum Gasteiger partial charge on any atom is 0.338 e. The zero-order valence-corrected chi connectivity index (χ0v) is 36.1. The molecule has 0 radical (unpaired) electrons. The molecular formula is C45H52ClFN6O7S. The first-order valence-electron chi connectivity index (χ1n) is 20.7. The lowest BCUT2D eigenvalue weighted by Gasteiger charge is -2.40. The fourth-order valence-electron chi connectivity index (χ4n) is 8.19. The number of piperazine rings is 1. The molecule has 2 N–H and O–H groups in total. The number of amides is 1. The average molecular weight is 875 g/mol. The number of para-hydroxylation sites is 1. The summed E-state index contributed by atoms with van der Waals surface area (Å²) in [7, 11) is -4.87. The van der Waals surface area contributed by atoms with Gasteiger partial charge in [0.25, 0.3) is 15.9 Å². The standard InChI is InChI=1S/C45H52ClFN6O7S/c1-45(2)18-17-34(36(30-45)32-13-15-35(46)16-14-32)31-51-21-23-52(24-22-51)38-29-40(61(57,58)49-44(54)33-9-4-3-5-10-33)43(60-39-12-7-6-11-37(39)47)42(53(55)56)41(38)48-19-8-20-50-25-27-59-28-26-50/h3-7,9-16,29,48H,8,17-28,30-31H2,1-2H3,(H,49,54). The summed E-state index contributed by atoms with van der Waals surface area (Å²) in [6, 6.07) is 22.3. The number of sulfonamides is 1. The number of anilines is 2. The molecule has 2 heterocycles. The van der Waals surface area contributed by atoms with E-state index in [1.54, 1.807) is 18.2 Å². The minimum atomic E-state index is -4.87. The first-order valence-corrected chi connectivity index (χ1v) is 22.5. The van der Waals surface area contributed by atoms with Crippen LogP contribution >= 0.6 is 11.6 Å². The van der Waals surface area contributed by atoms with Crippen molar-refractivity contribution in [2.75, 3.05) is 82.3 Å². The van der Waals surface area contributed by atoms with Crippen LogP contribution in [0.25, 0.3) is 5.57 Å². The number of morpholine rings is 1. The third-order valence-corrected chi connectivity index (χ3v) is 13.1. The van der Waals surface area contributed by atoms with Gasteiger partial charge in [0.1, 0.15) is 10.6 Å². The number of nitro groups is 1. The van der Waals surface area contributed by atoms with E-state index in [0.717, 1.165) is 50.5 Å². The van der Waals surface area contributed by atoms with Crippen molar-refractivity contribution in [3.05, 3.63) is 123 Å². The van der Waals surface area contributed by atoms with Crippen molar-refractivity contribution in [2.45, 2.75) is 44.4 Å². The summed E-state index contributed by atoms with van der Waals surface area (Å²) in [6.45, 7) is 11.1. The number of halogens is 2. The van der Waals surface area contributed by atoms with E-state index in [2.05, 4.69) is 45.8 Å². The van der Waals surface area contributed by atoms with Crippen molar-refractivity contribution in [2.24, 2.45) is 5.41 Å². The highest BCUT2D eigenvalue weighted by Crippen LogP contribution is 2.49. The lowest BCUT2D eigenvalue weighted by atomic mass is 9.72. The Morgan fingerprint density at radius 2 is 1.64 bits per heavy atom. The van der Waals surface area contributed by atoms with Gasteiger partial charge in [0, 0.05) is 62.9 Å². The molecule has 0 aromatic heterocycles. The molecule has 1 amide bonds. The highest BCUT2D eigenvalue weighted by Gasteiger charge is 2.38. The first-order chi connectivity index (χ1) is 29.3. The molecule has 2 aliphatic heterocycles. The SMILES string of the molecule is CC1(C)CCC(CN2CCN(c3cc(S(=O)(=O)NC(=O)c4ccccc4)c(Oc4ccccc4F)c([N+](=O)[O-])c3NCCCN3CCOCC3)CC2)=C(c2ccc(Cl)cc2)C1. The minimum Gasteiger partial charge on any atom is -0.445 e. The van der Waals surface area contributed by atoms with E-state index in [4.69, 9.17) is 21.1 Å². The van der Waals surface area contributed by atoms with Gasteiger partial charge in [0.15, 0.2) is 11.6 Å². The van der Waals surface area contributed by atoms with Crippen LogP contribution in [0.4, 0.5) is 21.5 Å². The Morgan fingerprint density at radius 1 is 0.951 bits per heavy atom. The first kappa shape index (κ1) is 44.0. The second-order valence-electron chi connectivity index (χ2n) is 16.5. The number of nitrogens with one attached hydrogen (secondary N) is 2. The van der Waals surface area contributed by atoms with E-state index in [0.29, 0.717) is 63.9 Å². The monoisotopic (exact) mass is 874 g/mol. The maximum absolute atomic E-state index is 15.2. The van der Waals surface area contributed by atoms with Crippen molar-refractivity contribution in [1.29, 1.82) is 0 Å². The molecule has 7 rings (SSSR count). The third kappa shape index (κ3) is 10.9. The molecule has 2 fully saturated rings. The molecule has 4 aromatic carbocycles. The lowest BCUT2D eigenvalue weighted by Crippen LogP contribution is -2.47. The fraction of sp³-hybridized carbons (Fsp3) is 0.400. The van der Waals surface area contributed by atoms with E-state index in [9.17, 15) is 23.3 Å². The van der Waals surface area contributed by atoms with Crippen LogP contribution < -0.4 is 19.7 Å². The van der Waals surface area contributed by atoms with E-state index in [-0.39, 0.29) is 22.4 Å². The predicted octanol–water partition coefficient (Wildman–Crippen LogP) is 8.22. The molecule has 2 saturated heterocycles. The van der Waals surface area contributed by atoms with E-state index in [1.165, 1.54) is 47.5 Å². The molecule has 0 unspecified atom stereocenters. The van der Waals surface area contributed by atoms with Crippen LogP contribution in [0.5, 0.6) is 11.5 Å². The molecule has 3 aliphatic rings. The Kier molecular flexibility index (Phi) is 13.9. The molecule has 324 valence electrons. The molecule has 1 aliphatic carbocycles. The Bertz CT molecular complexity index is 2350. The number of rotatable bonds is 15. The normalized spacial score (nSPS) is 17.5. The molecule has 0 bridgehead atoms. The minimum absolute atomic E-state index is 0.0438. The fourth-order valence-corrected chi connectivity index (χ4v) is 9.44. The largest absolute Gasteiger partial charge is 0.445 e. The quantitative estimate of drug-likeness (QED) is 0.0677. The lowest BCUT2D eigenvalue weighted by molar-refractivity contribution is -0.384. The van der Waals surface area contributed by atoms with Crippen LogP contribution in [0.1, 0.15) is 55.5 Å². The topological polar surface area (TPSA) is 147 Å². The van der Waals surface area contributed by atoms with Gasteiger partial charge in [0.2, 0.25) is 5.75 Å². The van der Waals surface area contributed by atoms with Crippen LogP contribution in [0.3, 0.4) is 0 Å². The van der Waals surface area contributed by atoms with Gasteiger partial charge < -0.3 is 19.7 Å². The summed E-state index contributed by atoms with van der Waals surface area (Å²) in [5, 5.41) is 17.2. The van der Waals surface area contributed by atoms with Gasteiger partial charge >= 0.3 is 5.69 Å². The summed E-state index contributed by atoms with van der Waals surface area (Å²) < 4.78 is 57.3. The van der Waals surface area contributed by atoms with Crippen molar-refractivity contribution >= 4 is 50.2 Å². The number of hydrogen-bond donors (Lipinski definition) is 2. The Labute approximate surface area is 361 Å². The molecule has 0 spiro atoms. The highest BCUT2D eigenvalue weighted by atomic mass is 35.5. The van der Waals surface area contributed by atoms with Crippen molar-refractivity contribution in [3.63, 3.8) is 0 Å². The van der Waals surface area contributed by atoms with E-state index < -0.39 is 48.8 Å². The Hall–Kier alpha value is -5.06. The van der Waals surface area contributed by atoms with Gasteiger partial charge in [-0.25, -0.2) is 17.5 Å². The number of nitrogens with zero attached hydrogens (tertiary/aromatic N) is 4. The predicted molar refractivity (Wildman–Crippen MR) is 236 cm³/mol. The summed E-state index contributed by atoms with van der Waals surface area (Å²) in [4.78, 5) is 31.8. The van der Waals surface area contributed by atoms with E-state index >= 15 is 4.39 Å². The zero-order valence-electron chi connectivity index (χ0n) is 34.5. The average Bonchev–Trinajstić information content (AvgIpc) is 3.24. The molecule has 61 heavy (non-hydrogen) atoms. The van der Waals surface area contributed by atoms with Crippen LogP contribution in [-0.4, -0.2) is 101 Å². The van der Waals surface area contributed by atoms with Crippen LogP contribution in [-0.2, 0) is 14.8 Å². The number of hydrogen-bond acceptors (Lipinski definition) is 11. The number of benzene rings is 4. The van der Waals surface area contributed by atoms with E-state index in [1.807, 2.05) is 17.0 Å². The van der Waals surface area contributed by atoms with Crippen LogP contribution in [0.2, 0.25) is 5.02 Å². The van der Waals surface area contributed by atoms with Crippen molar-refractivity contribution in [3.8, 4) is 11.5 Å². The summed E-state index contributed by atoms with van der Waals surface area (Å²) in [5.41, 5.74) is 3.67. The summed E-state index contributed by atoms with van der Waals surface area (Å²) in [6.07, 6.45) is 3.56. The van der Waals surface area contributed by atoms with Gasteiger partial charge in [-0.1, -0.05) is 73.5 Å². The Morgan fingerprint density at radius 3 is 2.33 bits per heavy atom. The molecule has 4 aromatic rings. The van der Waals surface area contributed by atoms with Crippen molar-refractivity contribution in [1.82, 2.24) is 14.5 Å². The highest BCUT2D eigenvalue weighted by molar-refractivity contribution is 7.90. The second kappa shape index (κ2) is 19.3. The summed E-state index contributed by atoms with van der Waals surface area (Å²) in [5.74, 6) is -2.94. The number of carbonyl (C=O) groups is 1. The smallest absolute Gasteiger partial charge is 0.338 e. The molecule has 0 saturated carbocycles. The van der Waals surface area contributed by atoms with Gasteiger partial charge in [-0.15, -0.1) is 0 Å². The van der Waals surface area contributed by atoms with Gasteiger partial charge in [0.05, 0.1) is 23.8 Å². The number of nitro benzene ring substituents is 1. The molecule has 16 heteroatoms. The Balaban J connectivity index is 1.25. The molecular weight excluding hydrogens is 823 g/mol. The molecule has 0 atom stereocenters. The van der Waals surface area contributed by atoms with Gasteiger partial charge in [-0.2, -0.15) is 0 Å². The van der Waals surface area contributed by atoms with Crippen LogP contribution in [0, 0.1) is 21.3 Å². The molecule has 13 nitrogen and oxygen atoms in total. The third-order valence-electron chi connectivity index (χ3n) is 11.5. The van der Waals surface area contributed by atoms with Gasteiger partial charge in [-0.3, -0.25) is 24.7 Å². The number of carbonyl (C=O) groups excluding carboxylic acids is 1.